The van der Waals surface area contributed by atoms with Crippen LogP contribution in [0.3, 0.4) is 0 Å². The fourth-order valence-electron chi connectivity index (χ4n) is 2.75. The Kier molecular flexibility index (Phi) is 4.22. The fraction of sp³-hybridized carbons (Fsp3) is 0.375. The van der Waals surface area contributed by atoms with Gasteiger partial charge in [-0.15, -0.1) is 0 Å². The van der Waals surface area contributed by atoms with Gasteiger partial charge in [0, 0.05) is 21.6 Å². The van der Waals surface area contributed by atoms with E-state index < -0.39 is 0 Å². The van der Waals surface area contributed by atoms with Gasteiger partial charge in [-0.3, -0.25) is 9.78 Å². The normalized spacial score (nSPS) is 16.1. The Morgan fingerprint density at radius 3 is 2.86 bits per heavy atom. The molecule has 0 saturated carbocycles. The predicted molar refractivity (Wildman–Crippen MR) is 87.5 cm³/mol. The molecule has 2 N–H and O–H groups in total. The molecule has 4 nitrogen and oxygen atoms in total. The van der Waals surface area contributed by atoms with Crippen LogP contribution in [0, 0.1) is 6.92 Å². The van der Waals surface area contributed by atoms with Crippen LogP contribution in [0.2, 0.25) is 0 Å². The average Bonchev–Trinajstić information content (AvgIpc) is 2.48. The lowest BCUT2D eigenvalue weighted by molar-refractivity contribution is 0.0931. The highest BCUT2D eigenvalue weighted by atomic mass is 79.9. The summed E-state index contributed by atoms with van der Waals surface area (Å²) in [4.78, 5) is 17.1. The van der Waals surface area contributed by atoms with Crippen LogP contribution >= 0.6 is 15.9 Å². The number of rotatable bonds is 2. The molecule has 1 aliphatic heterocycles. The molecular weight excluding hydrogens is 330 g/mol. The second-order valence-electron chi connectivity index (χ2n) is 5.47. The Morgan fingerprint density at radius 1 is 1.33 bits per heavy atom. The van der Waals surface area contributed by atoms with Crippen molar-refractivity contribution in [1.82, 2.24) is 15.6 Å². The second-order valence-corrected chi connectivity index (χ2v) is 6.39. The average molecular weight is 348 g/mol. The van der Waals surface area contributed by atoms with Crippen molar-refractivity contribution in [2.24, 2.45) is 0 Å². The summed E-state index contributed by atoms with van der Waals surface area (Å²) >= 11 is 3.46. The maximum atomic E-state index is 12.6. The minimum absolute atomic E-state index is 0.00417. The summed E-state index contributed by atoms with van der Waals surface area (Å²) in [5.74, 6) is -0.00417. The van der Waals surface area contributed by atoms with Crippen molar-refractivity contribution in [2.75, 3.05) is 13.1 Å². The number of halogens is 1. The van der Waals surface area contributed by atoms with E-state index in [-0.39, 0.29) is 11.9 Å². The zero-order chi connectivity index (χ0) is 14.8. The van der Waals surface area contributed by atoms with Crippen LogP contribution in [-0.4, -0.2) is 30.0 Å². The molecule has 0 spiro atoms. The Morgan fingerprint density at radius 2 is 2.10 bits per heavy atom. The standard InChI is InChI=1S/C16H18BrN3O/c1-10-8-14(13-9-11(17)2-3-15(13)19-10)16(21)20-12-4-6-18-7-5-12/h2-3,8-9,12,18H,4-7H2,1H3,(H,20,21). The third-order valence-electron chi connectivity index (χ3n) is 3.82. The molecule has 1 amide bonds. The maximum Gasteiger partial charge on any atom is 0.252 e. The highest BCUT2D eigenvalue weighted by molar-refractivity contribution is 9.10. The van der Waals surface area contributed by atoms with Crippen LogP contribution in [0.5, 0.6) is 0 Å². The van der Waals surface area contributed by atoms with Gasteiger partial charge in [-0.05, 0) is 57.1 Å². The van der Waals surface area contributed by atoms with Crippen molar-refractivity contribution in [1.29, 1.82) is 0 Å². The van der Waals surface area contributed by atoms with E-state index >= 15 is 0 Å². The van der Waals surface area contributed by atoms with Gasteiger partial charge in [0.2, 0.25) is 0 Å². The van der Waals surface area contributed by atoms with E-state index in [0.717, 1.165) is 47.0 Å². The van der Waals surface area contributed by atoms with Gasteiger partial charge in [-0.1, -0.05) is 15.9 Å². The van der Waals surface area contributed by atoms with Crippen LogP contribution in [-0.2, 0) is 0 Å². The number of hydrogen-bond donors (Lipinski definition) is 2. The molecule has 1 saturated heterocycles. The van der Waals surface area contributed by atoms with Crippen LogP contribution in [0.1, 0.15) is 28.9 Å². The first-order valence-electron chi connectivity index (χ1n) is 7.22. The molecule has 0 unspecified atom stereocenters. The van der Waals surface area contributed by atoms with Gasteiger partial charge in [0.05, 0.1) is 11.1 Å². The van der Waals surface area contributed by atoms with Crippen LogP contribution in [0.25, 0.3) is 10.9 Å². The molecule has 0 bridgehead atoms. The van der Waals surface area contributed by atoms with Gasteiger partial charge in [0.1, 0.15) is 0 Å². The summed E-state index contributed by atoms with van der Waals surface area (Å²) in [5, 5.41) is 7.35. The quantitative estimate of drug-likeness (QED) is 0.878. The van der Waals surface area contributed by atoms with Crippen molar-refractivity contribution < 1.29 is 4.79 Å². The van der Waals surface area contributed by atoms with Crippen molar-refractivity contribution in [3.63, 3.8) is 0 Å². The molecule has 21 heavy (non-hydrogen) atoms. The SMILES string of the molecule is Cc1cc(C(=O)NC2CCNCC2)c2cc(Br)ccc2n1. The predicted octanol–water partition coefficient (Wildman–Crippen LogP) is 2.79. The smallest absolute Gasteiger partial charge is 0.252 e. The van der Waals surface area contributed by atoms with Crippen molar-refractivity contribution in [3.05, 3.63) is 40.0 Å². The minimum atomic E-state index is -0.00417. The van der Waals surface area contributed by atoms with E-state index in [0.29, 0.717) is 5.56 Å². The number of pyridine rings is 1. The Labute approximate surface area is 132 Å². The summed E-state index contributed by atoms with van der Waals surface area (Å²) < 4.78 is 0.955. The first kappa shape index (κ1) is 14.5. The lowest BCUT2D eigenvalue weighted by Crippen LogP contribution is -2.42. The van der Waals surface area contributed by atoms with Crippen molar-refractivity contribution in [2.45, 2.75) is 25.8 Å². The number of nitrogens with one attached hydrogen (secondary N) is 2. The third kappa shape index (κ3) is 3.24. The summed E-state index contributed by atoms with van der Waals surface area (Å²) in [6, 6.07) is 7.97. The Bertz CT molecular complexity index is 681. The first-order valence-corrected chi connectivity index (χ1v) is 8.01. The lowest BCUT2D eigenvalue weighted by Gasteiger charge is -2.24. The number of nitrogens with zero attached hydrogens (tertiary/aromatic N) is 1. The van der Waals surface area contributed by atoms with E-state index in [1.54, 1.807) is 0 Å². The van der Waals surface area contributed by atoms with Gasteiger partial charge in [0.15, 0.2) is 0 Å². The zero-order valence-electron chi connectivity index (χ0n) is 11.9. The number of carbonyl (C=O) groups is 1. The molecule has 5 heteroatoms. The Hall–Kier alpha value is -1.46. The third-order valence-corrected chi connectivity index (χ3v) is 4.31. The molecule has 2 heterocycles. The number of fused-ring (bicyclic) bond motifs is 1. The topological polar surface area (TPSA) is 54.0 Å². The molecule has 110 valence electrons. The van der Waals surface area contributed by atoms with Gasteiger partial charge in [0.25, 0.3) is 5.91 Å². The van der Waals surface area contributed by atoms with Gasteiger partial charge < -0.3 is 10.6 Å². The summed E-state index contributed by atoms with van der Waals surface area (Å²) in [6.45, 7) is 3.85. The van der Waals surface area contributed by atoms with Crippen LogP contribution in [0.4, 0.5) is 0 Å². The van der Waals surface area contributed by atoms with Gasteiger partial charge in [-0.25, -0.2) is 0 Å². The van der Waals surface area contributed by atoms with E-state index in [2.05, 4.69) is 31.5 Å². The summed E-state index contributed by atoms with van der Waals surface area (Å²) in [7, 11) is 0. The molecule has 0 aliphatic carbocycles. The molecule has 1 aromatic carbocycles. The van der Waals surface area contributed by atoms with E-state index in [1.165, 1.54) is 0 Å². The van der Waals surface area contributed by atoms with E-state index in [1.807, 2.05) is 31.2 Å². The molecule has 0 radical (unpaired) electrons. The molecule has 1 fully saturated rings. The second kappa shape index (κ2) is 6.12. The fourth-order valence-corrected chi connectivity index (χ4v) is 3.11. The van der Waals surface area contributed by atoms with Crippen LogP contribution in [0.15, 0.2) is 28.7 Å². The zero-order valence-corrected chi connectivity index (χ0v) is 13.5. The number of benzene rings is 1. The highest BCUT2D eigenvalue weighted by Crippen LogP contribution is 2.23. The number of aromatic nitrogens is 1. The van der Waals surface area contributed by atoms with Crippen molar-refractivity contribution >= 4 is 32.7 Å². The largest absolute Gasteiger partial charge is 0.349 e. The van der Waals surface area contributed by atoms with E-state index in [9.17, 15) is 4.79 Å². The minimum Gasteiger partial charge on any atom is -0.349 e. The van der Waals surface area contributed by atoms with Gasteiger partial charge >= 0.3 is 0 Å². The molecule has 1 aromatic heterocycles. The lowest BCUT2D eigenvalue weighted by atomic mass is 10.0. The molecular formula is C16H18BrN3O. The monoisotopic (exact) mass is 347 g/mol. The Balaban J connectivity index is 1.94. The summed E-state index contributed by atoms with van der Waals surface area (Å²) in [6.07, 6.45) is 1.97. The molecule has 0 atom stereocenters. The number of amides is 1. The molecule has 3 rings (SSSR count). The number of hydrogen-bond acceptors (Lipinski definition) is 3. The number of carbonyl (C=O) groups excluding carboxylic acids is 1. The summed E-state index contributed by atoms with van der Waals surface area (Å²) in [5.41, 5.74) is 2.42. The highest BCUT2D eigenvalue weighted by Gasteiger charge is 2.18. The van der Waals surface area contributed by atoms with Crippen molar-refractivity contribution in [3.8, 4) is 0 Å². The number of piperidine rings is 1. The maximum absolute atomic E-state index is 12.6. The van der Waals surface area contributed by atoms with Gasteiger partial charge in [-0.2, -0.15) is 0 Å². The molecule has 2 aromatic rings. The number of aryl methyl sites for hydroxylation is 1. The molecule has 1 aliphatic rings. The first-order chi connectivity index (χ1) is 10.1. The van der Waals surface area contributed by atoms with Crippen LogP contribution < -0.4 is 10.6 Å². The van der Waals surface area contributed by atoms with E-state index in [4.69, 9.17) is 0 Å².